The number of aromatic carboxylic acids is 1. The number of carboxylic acids is 1. The maximum absolute atomic E-state index is 12.1. The highest BCUT2D eigenvalue weighted by Crippen LogP contribution is 2.39. The lowest BCUT2D eigenvalue weighted by Gasteiger charge is -2.30. The summed E-state index contributed by atoms with van der Waals surface area (Å²) in [5.74, 6) is -0.256. The van der Waals surface area contributed by atoms with Gasteiger partial charge in [-0.15, -0.1) is 11.3 Å². The number of aromatic nitrogens is 2. The van der Waals surface area contributed by atoms with Crippen molar-refractivity contribution in [3.8, 4) is 22.6 Å². The van der Waals surface area contributed by atoms with Crippen molar-refractivity contribution in [3.63, 3.8) is 0 Å². The minimum Gasteiger partial charge on any atom is -0.489 e. The Morgan fingerprint density at radius 3 is 2.76 bits per heavy atom. The van der Waals surface area contributed by atoms with E-state index in [2.05, 4.69) is 23.0 Å². The first kappa shape index (κ1) is 25.1. The number of carbonyl (C=O) groups is 1. The summed E-state index contributed by atoms with van der Waals surface area (Å²) in [5.41, 5.74) is 2.61. The van der Waals surface area contributed by atoms with E-state index in [1.54, 1.807) is 35.2 Å². The van der Waals surface area contributed by atoms with Gasteiger partial charge in [0.25, 0.3) is 0 Å². The fourth-order valence-electron chi connectivity index (χ4n) is 4.44. The largest absolute Gasteiger partial charge is 0.489 e. The molecule has 1 fully saturated rings. The van der Waals surface area contributed by atoms with Crippen molar-refractivity contribution < 1.29 is 19.4 Å². The number of rotatable bonds is 7. The van der Waals surface area contributed by atoms with Crippen LogP contribution in [0, 0.1) is 11.3 Å². The number of nitrogens with zero attached hydrogens (tertiary/aromatic N) is 4. The smallest absolute Gasteiger partial charge is 0.349 e. The quantitative estimate of drug-likeness (QED) is 0.312. The van der Waals surface area contributed by atoms with Crippen LogP contribution in [0.5, 0.6) is 11.5 Å². The van der Waals surface area contributed by atoms with E-state index in [-0.39, 0.29) is 16.7 Å². The van der Waals surface area contributed by atoms with Gasteiger partial charge in [-0.1, -0.05) is 23.7 Å². The summed E-state index contributed by atoms with van der Waals surface area (Å²) in [5, 5.41) is 20.2. The summed E-state index contributed by atoms with van der Waals surface area (Å²) < 4.78 is 14.1. The van der Waals surface area contributed by atoms with Crippen molar-refractivity contribution in [1.82, 2.24) is 14.5 Å². The van der Waals surface area contributed by atoms with Gasteiger partial charge >= 0.3 is 5.97 Å². The molecule has 1 N–H and O–H groups in total. The lowest BCUT2D eigenvalue weighted by molar-refractivity contribution is 0.0695. The second-order valence-electron chi connectivity index (χ2n) is 9.05. The third kappa shape index (κ3) is 5.14. The van der Waals surface area contributed by atoms with Gasteiger partial charge in [0.15, 0.2) is 4.88 Å². The first-order valence-corrected chi connectivity index (χ1v) is 13.1. The van der Waals surface area contributed by atoms with Crippen molar-refractivity contribution in [1.29, 1.82) is 5.26 Å². The lowest BCUT2D eigenvalue weighted by Crippen LogP contribution is -2.35. The molecule has 1 aliphatic heterocycles. The third-order valence-corrected chi connectivity index (χ3v) is 8.00. The molecule has 0 saturated carbocycles. The molecule has 2 aromatic heterocycles. The van der Waals surface area contributed by atoms with Crippen molar-refractivity contribution in [2.75, 3.05) is 20.1 Å². The highest BCUT2D eigenvalue weighted by Gasteiger charge is 2.24. The highest BCUT2D eigenvalue weighted by molar-refractivity contribution is 7.16. The normalized spacial score (nSPS) is 15.4. The van der Waals surface area contributed by atoms with Gasteiger partial charge in [-0.2, -0.15) is 5.26 Å². The van der Waals surface area contributed by atoms with Crippen LogP contribution in [0.3, 0.4) is 0 Å². The summed E-state index contributed by atoms with van der Waals surface area (Å²) in [4.78, 5) is 18.8. The van der Waals surface area contributed by atoms with Gasteiger partial charge in [0, 0.05) is 24.7 Å². The number of thiophene rings is 1. The molecule has 2 aromatic carbocycles. The van der Waals surface area contributed by atoms with E-state index in [9.17, 15) is 15.2 Å². The Bertz CT molecular complexity index is 1500. The molecule has 0 radical (unpaired) electrons. The topological polar surface area (TPSA) is 101 Å². The van der Waals surface area contributed by atoms with E-state index < -0.39 is 12.1 Å². The van der Waals surface area contributed by atoms with Crippen LogP contribution in [0.1, 0.15) is 46.7 Å². The lowest BCUT2D eigenvalue weighted by atomic mass is 10.1. The summed E-state index contributed by atoms with van der Waals surface area (Å²) in [6.07, 6.45) is 3.05. The summed E-state index contributed by atoms with van der Waals surface area (Å²) in [6.45, 7) is 3.78. The molecule has 1 saturated heterocycles. The molecule has 0 spiro atoms. The third-order valence-electron chi connectivity index (χ3n) is 6.49. The zero-order chi connectivity index (χ0) is 26.1. The maximum Gasteiger partial charge on any atom is 0.349 e. The predicted octanol–water partition coefficient (Wildman–Crippen LogP) is 5.92. The number of likely N-dealkylation sites (tertiary alicyclic amines) is 1. The van der Waals surface area contributed by atoms with E-state index in [1.807, 2.05) is 25.1 Å². The molecule has 1 aliphatic rings. The molecular formula is C27H25ClN4O4S. The van der Waals surface area contributed by atoms with Crippen LogP contribution in [0.4, 0.5) is 0 Å². The monoisotopic (exact) mass is 536 g/mol. The first-order valence-electron chi connectivity index (χ1n) is 11.9. The molecule has 8 nitrogen and oxygen atoms in total. The highest BCUT2D eigenvalue weighted by atomic mass is 35.5. The van der Waals surface area contributed by atoms with Crippen LogP contribution in [0.15, 0.2) is 48.8 Å². The summed E-state index contributed by atoms with van der Waals surface area (Å²) in [6, 6.07) is 14.6. The Morgan fingerprint density at radius 2 is 2.03 bits per heavy atom. The Labute approximate surface area is 223 Å². The number of imidazole rings is 1. The Balaban J connectivity index is 1.41. The molecule has 190 valence electrons. The molecule has 0 amide bonds. The molecule has 1 atom stereocenters. The number of hydrogen-bond donors (Lipinski definition) is 1. The van der Waals surface area contributed by atoms with Crippen molar-refractivity contribution in [2.24, 2.45) is 0 Å². The van der Waals surface area contributed by atoms with Crippen LogP contribution < -0.4 is 9.47 Å². The van der Waals surface area contributed by atoms with Gasteiger partial charge in [-0.25, -0.2) is 9.78 Å². The number of ether oxygens (including phenoxy) is 2. The average Bonchev–Trinajstić information content (AvgIpc) is 3.50. The van der Waals surface area contributed by atoms with E-state index in [4.69, 9.17) is 21.1 Å². The molecule has 10 heteroatoms. The number of nitriles is 1. The average molecular weight is 537 g/mol. The maximum atomic E-state index is 12.1. The number of benzene rings is 2. The van der Waals surface area contributed by atoms with E-state index >= 15 is 0 Å². The predicted molar refractivity (Wildman–Crippen MR) is 142 cm³/mol. The molecule has 3 heterocycles. The molecule has 37 heavy (non-hydrogen) atoms. The van der Waals surface area contributed by atoms with Gasteiger partial charge in [0.2, 0.25) is 0 Å². The van der Waals surface area contributed by atoms with Crippen LogP contribution in [0.2, 0.25) is 5.02 Å². The second kappa shape index (κ2) is 10.4. The SMILES string of the molecule is C[C@@H](Oc1cc(-n2cnc3ccc(C#N)cc32)sc1C(=O)O)c1cccc(OC2CCN(C)CC2)c1Cl. The minimum absolute atomic E-state index is 0.0648. The van der Waals surface area contributed by atoms with Crippen molar-refractivity contribution >= 4 is 39.9 Å². The molecule has 5 rings (SSSR count). The Hall–Kier alpha value is -3.58. The molecule has 0 bridgehead atoms. The molecule has 0 unspecified atom stereocenters. The molecular weight excluding hydrogens is 512 g/mol. The fourth-order valence-corrected chi connectivity index (χ4v) is 5.68. The van der Waals surface area contributed by atoms with Crippen LogP contribution in [-0.4, -0.2) is 51.8 Å². The number of piperidine rings is 1. The first-order chi connectivity index (χ1) is 17.8. The second-order valence-corrected chi connectivity index (χ2v) is 10.5. The Morgan fingerprint density at radius 1 is 1.24 bits per heavy atom. The van der Waals surface area contributed by atoms with Crippen LogP contribution in [-0.2, 0) is 0 Å². The van der Waals surface area contributed by atoms with E-state index in [0.29, 0.717) is 37.9 Å². The van der Waals surface area contributed by atoms with E-state index in [0.717, 1.165) is 37.3 Å². The zero-order valence-electron chi connectivity index (χ0n) is 20.3. The number of fused-ring (bicyclic) bond motifs is 1. The van der Waals surface area contributed by atoms with Gasteiger partial charge < -0.3 is 19.5 Å². The van der Waals surface area contributed by atoms with Crippen LogP contribution in [0.25, 0.3) is 16.0 Å². The standard InChI is InChI=1S/C27H25ClN4O4S/c1-16(19-4-3-5-22(25(19)28)36-18-8-10-31(2)11-9-18)35-23-13-24(37-26(23)27(33)34)32-15-30-20-7-6-17(14-29)12-21(20)32/h3-7,12-13,15-16,18H,8-11H2,1-2H3,(H,33,34)/t16-/m1/s1. The van der Waals surface area contributed by atoms with Gasteiger partial charge in [-0.05, 0) is 51.1 Å². The Kier molecular flexibility index (Phi) is 7.07. The number of hydrogen-bond acceptors (Lipinski definition) is 7. The van der Waals surface area contributed by atoms with Gasteiger partial charge in [-0.3, -0.25) is 4.57 Å². The molecule has 4 aromatic rings. The van der Waals surface area contributed by atoms with Crippen LogP contribution >= 0.6 is 22.9 Å². The number of halogens is 1. The van der Waals surface area contributed by atoms with Crippen molar-refractivity contribution in [3.05, 3.63) is 69.8 Å². The zero-order valence-corrected chi connectivity index (χ0v) is 21.9. The summed E-state index contributed by atoms with van der Waals surface area (Å²) in [7, 11) is 2.10. The fraction of sp³-hybridized carbons (Fsp3) is 0.296. The summed E-state index contributed by atoms with van der Waals surface area (Å²) >= 11 is 7.81. The van der Waals surface area contributed by atoms with Gasteiger partial charge in [0.05, 0.1) is 27.7 Å². The number of carboxylic acid groups (broad SMARTS) is 1. The van der Waals surface area contributed by atoms with Gasteiger partial charge in [0.1, 0.15) is 35.0 Å². The molecule has 0 aliphatic carbocycles. The minimum atomic E-state index is -1.09. The van der Waals surface area contributed by atoms with Crippen molar-refractivity contribution in [2.45, 2.75) is 32.0 Å². The van der Waals surface area contributed by atoms with E-state index in [1.165, 1.54) is 0 Å².